The Balaban J connectivity index is 0. The molecule has 0 aromatic heterocycles. The fourth-order valence-electron chi connectivity index (χ4n) is 0.341. The number of hydrogen-bond acceptors (Lipinski definition) is 2. The molecule has 0 unspecified atom stereocenters. The Labute approximate surface area is 104 Å². The molecule has 0 aromatic carbocycles. The molecular weight excluding hydrogens is 157 g/mol. The van der Waals surface area contributed by atoms with Crippen LogP contribution in [-0.4, -0.2) is 74.5 Å². The molecule has 56 valence electrons. The quantitative estimate of drug-likeness (QED) is 0.566. The molecule has 0 aliphatic carbocycles. The van der Waals surface area contributed by atoms with Crippen LogP contribution in [0.5, 0.6) is 0 Å². The van der Waals surface area contributed by atoms with E-state index in [0.29, 0.717) is 0 Å². The first kappa shape index (κ1) is 13.6. The van der Waals surface area contributed by atoms with E-state index in [4.69, 9.17) is 5.11 Å². The Morgan fingerprint density at radius 1 is 1.50 bits per heavy atom. The Morgan fingerprint density at radius 2 is 1.90 bits per heavy atom. The van der Waals surface area contributed by atoms with Crippen molar-refractivity contribution in [1.29, 1.82) is 0 Å². The number of nitrogens with one attached hydrogen (secondary N) is 1. The summed E-state index contributed by atoms with van der Waals surface area (Å²) >= 11 is 0. The second-order valence-electron chi connectivity index (χ2n) is 3.00. The summed E-state index contributed by atoms with van der Waals surface area (Å²) in [6, 6.07) is 0. The third kappa shape index (κ3) is 11.8. The van der Waals surface area contributed by atoms with Gasteiger partial charge in [-0.05, 0) is 20.8 Å². The molecule has 0 heterocycles. The van der Waals surface area contributed by atoms with Crippen molar-refractivity contribution in [3.8, 4) is 0 Å². The van der Waals surface area contributed by atoms with Gasteiger partial charge in [0.05, 0.1) is 6.54 Å². The van der Waals surface area contributed by atoms with Gasteiger partial charge in [0, 0.05) is 5.54 Å². The predicted octanol–water partition coefficient (Wildman–Crippen LogP) is -0.189. The maximum atomic E-state index is 9.98. The monoisotopic (exact) mass is 171 g/mol. The molecule has 2 N–H and O–H groups in total. The van der Waals surface area contributed by atoms with Crippen LogP contribution < -0.4 is 5.32 Å². The van der Waals surface area contributed by atoms with Gasteiger partial charge in [0.25, 0.3) is 0 Å². The van der Waals surface area contributed by atoms with E-state index in [1.165, 1.54) is 0 Å². The maximum absolute atomic E-state index is 9.98. The van der Waals surface area contributed by atoms with Crippen molar-refractivity contribution in [2.75, 3.05) is 6.54 Å². The Morgan fingerprint density at radius 3 is 2.00 bits per heavy atom. The molecular formula is C6H14KNO2. The van der Waals surface area contributed by atoms with Crippen LogP contribution in [0.15, 0.2) is 0 Å². The van der Waals surface area contributed by atoms with E-state index < -0.39 is 5.97 Å². The third-order valence-corrected chi connectivity index (χ3v) is 0.770. The van der Waals surface area contributed by atoms with Gasteiger partial charge in [0.2, 0.25) is 0 Å². The fraction of sp³-hybridized carbons (Fsp3) is 0.833. The first-order chi connectivity index (χ1) is 3.92. The van der Waals surface area contributed by atoms with E-state index in [-0.39, 0.29) is 63.5 Å². The van der Waals surface area contributed by atoms with Crippen molar-refractivity contribution in [2.45, 2.75) is 26.3 Å². The van der Waals surface area contributed by atoms with Crippen LogP contribution in [0.4, 0.5) is 0 Å². The summed E-state index contributed by atoms with van der Waals surface area (Å²) in [6.45, 7) is 5.81. The summed E-state index contributed by atoms with van der Waals surface area (Å²) in [4.78, 5) is 9.98. The summed E-state index contributed by atoms with van der Waals surface area (Å²) in [6.07, 6.45) is 0. The molecule has 0 atom stereocenters. The molecule has 0 bridgehead atoms. The van der Waals surface area contributed by atoms with Crippen LogP contribution in [0.1, 0.15) is 20.8 Å². The average molecular weight is 171 g/mol. The van der Waals surface area contributed by atoms with Crippen molar-refractivity contribution in [3.63, 3.8) is 0 Å². The zero-order valence-electron chi connectivity index (χ0n) is 6.06. The van der Waals surface area contributed by atoms with Gasteiger partial charge >= 0.3 is 57.4 Å². The Kier molecular flexibility index (Phi) is 7.75. The topological polar surface area (TPSA) is 49.3 Å². The summed E-state index contributed by atoms with van der Waals surface area (Å²) in [7, 11) is 0. The van der Waals surface area contributed by atoms with Gasteiger partial charge < -0.3 is 10.4 Å². The predicted molar refractivity (Wildman–Crippen MR) is 42.5 cm³/mol. The summed E-state index contributed by atoms with van der Waals surface area (Å²) in [5.74, 6) is -0.815. The zero-order chi connectivity index (χ0) is 7.49. The van der Waals surface area contributed by atoms with E-state index in [1.807, 2.05) is 20.8 Å². The number of carboxylic acids is 1. The normalized spacial score (nSPS) is 10.3. The van der Waals surface area contributed by atoms with Crippen LogP contribution in [0.25, 0.3) is 0 Å². The van der Waals surface area contributed by atoms with Crippen molar-refractivity contribution < 1.29 is 9.90 Å². The Hall–Kier alpha value is 1.07. The third-order valence-electron chi connectivity index (χ3n) is 0.770. The van der Waals surface area contributed by atoms with Gasteiger partial charge in [-0.25, -0.2) is 0 Å². The minimum atomic E-state index is -0.815. The molecule has 10 heavy (non-hydrogen) atoms. The van der Waals surface area contributed by atoms with Crippen LogP contribution in [0.3, 0.4) is 0 Å². The number of carboxylic acid groups (broad SMARTS) is 1. The van der Waals surface area contributed by atoms with Crippen LogP contribution >= 0.6 is 0 Å². The molecule has 0 saturated heterocycles. The first-order valence-corrected chi connectivity index (χ1v) is 2.88. The molecule has 0 amide bonds. The van der Waals surface area contributed by atoms with E-state index >= 15 is 0 Å². The fourth-order valence-corrected chi connectivity index (χ4v) is 0.341. The van der Waals surface area contributed by atoms with Crippen molar-refractivity contribution in [3.05, 3.63) is 0 Å². The van der Waals surface area contributed by atoms with Crippen LogP contribution in [-0.2, 0) is 4.79 Å². The summed E-state index contributed by atoms with van der Waals surface area (Å²) < 4.78 is 0. The van der Waals surface area contributed by atoms with Gasteiger partial charge in [-0.3, -0.25) is 4.79 Å². The van der Waals surface area contributed by atoms with Gasteiger partial charge in [0.15, 0.2) is 0 Å². The van der Waals surface area contributed by atoms with Crippen LogP contribution in [0, 0.1) is 0 Å². The molecule has 0 aromatic rings. The minimum absolute atomic E-state index is 0. The standard InChI is InChI=1S/C6H13NO2.K.H/c1-6(2,3)7-4-5(8)9;;/h7H,4H2,1-3H3,(H,8,9);;. The van der Waals surface area contributed by atoms with Gasteiger partial charge in [-0.2, -0.15) is 0 Å². The van der Waals surface area contributed by atoms with E-state index in [2.05, 4.69) is 5.32 Å². The molecule has 0 saturated carbocycles. The summed E-state index contributed by atoms with van der Waals surface area (Å²) in [5.41, 5.74) is -0.0988. The molecule has 0 radical (unpaired) electrons. The zero-order valence-corrected chi connectivity index (χ0v) is 6.06. The SMILES string of the molecule is CC(C)(C)NCC(=O)O.[KH]. The molecule has 0 aliphatic heterocycles. The number of rotatable bonds is 2. The second kappa shape index (κ2) is 5.68. The van der Waals surface area contributed by atoms with Gasteiger partial charge in [-0.1, -0.05) is 0 Å². The molecule has 0 aliphatic rings. The van der Waals surface area contributed by atoms with Gasteiger partial charge in [0.1, 0.15) is 0 Å². The van der Waals surface area contributed by atoms with E-state index in [1.54, 1.807) is 0 Å². The molecule has 0 spiro atoms. The average Bonchev–Trinajstić information content (AvgIpc) is 1.59. The van der Waals surface area contributed by atoms with Crippen molar-refractivity contribution in [2.24, 2.45) is 0 Å². The van der Waals surface area contributed by atoms with E-state index in [0.717, 1.165) is 0 Å². The van der Waals surface area contributed by atoms with E-state index in [9.17, 15) is 4.79 Å². The number of hydrogen-bond donors (Lipinski definition) is 2. The van der Waals surface area contributed by atoms with Crippen molar-refractivity contribution in [1.82, 2.24) is 5.32 Å². The first-order valence-electron chi connectivity index (χ1n) is 2.88. The summed E-state index contributed by atoms with van der Waals surface area (Å²) in [5, 5.41) is 11.0. The second-order valence-corrected chi connectivity index (χ2v) is 3.00. The molecule has 0 fully saturated rings. The molecule has 3 nitrogen and oxygen atoms in total. The van der Waals surface area contributed by atoms with Crippen LogP contribution in [0.2, 0.25) is 0 Å². The number of aliphatic carboxylic acids is 1. The number of carbonyl (C=O) groups is 1. The molecule has 0 rings (SSSR count). The van der Waals surface area contributed by atoms with Gasteiger partial charge in [-0.15, -0.1) is 0 Å². The molecule has 4 heteroatoms. The van der Waals surface area contributed by atoms with Crippen molar-refractivity contribution >= 4 is 57.4 Å². The Bertz CT molecular complexity index is 109.